The lowest BCUT2D eigenvalue weighted by molar-refractivity contribution is 0.200. The quantitative estimate of drug-likeness (QED) is 0.802. The highest BCUT2D eigenvalue weighted by atomic mass is 16.6. The molecular weight excluding hydrogens is 212 g/mol. The van der Waals surface area contributed by atoms with Gasteiger partial charge in [-0.25, -0.2) is 9.59 Å². The van der Waals surface area contributed by atoms with E-state index >= 15 is 0 Å². The lowest BCUT2D eigenvalue weighted by Crippen LogP contribution is -2.19. The van der Waals surface area contributed by atoms with Gasteiger partial charge in [-0.15, -0.1) is 0 Å². The smallest absolute Gasteiger partial charge is 0.406 e. The van der Waals surface area contributed by atoms with E-state index in [-0.39, 0.29) is 11.5 Å². The lowest BCUT2D eigenvalue weighted by atomic mass is 10.2. The second kappa shape index (κ2) is 4.83. The van der Waals surface area contributed by atoms with Crippen LogP contribution in [0, 0.1) is 0 Å². The molecule has 6 heteroatoms. The van der Waals surface area contributed by atoms with Crippen molar-refractivity contribution in [1.82, 2.24) is 0 Å². The molecule has 0 saturated heterocycles. The highest BCUT2D eigenvalue weighted by Gasteiger charge is 2.10. The molecule has 0 fully saturated rings. The third-order valence-electron chi connectivity index (χ3n) is 1.62. The van der Waals surface area contributed by atoms with Gasteiger partial charge in [-0.2, -0.15) is 0 Å². The zero-order valence-corrected chi connectivity index (χ0v) is 8.30. The standard InChI is InChI=1S/C10H10N2O4/c1-2-6-3-4-7(15-9(11)13)8(5-6)16-10(12)14/h2-5H,1H2,(H2,11,13)(H2,12,14). The summed E-state index contributed by atoms with van der Waals surface area (Å²) < 4.78 is 9.26. The van der Waals surface area contributed by atoms with Gasteiger partial charge in [-0.1, -0.05) is 18.7 Å². The normalized spacial score (nSPS) is 9.25. The molecule has 4 N–H and O–H groups in total. The van der Waals surface area contributed by atoms with Crippen LogP contribution < -0.4 is 20.9 Å². The summed E-state index contributed by atoms with van der Waals surface area (Å²) in [4.78, 5) is 21.2. The number of hydrogen-bond donors (Lipinski definition) is 2. The van der Waals surface area contributed by atoms with E-state index in [0.717, 1.165) is 0 Å². The van der Waals surface area contributed by atoms with Gasteiger partial charge in [0, 0.05) is 0 Å². The van der Waals surface area contributed by atoms with Crippen LogP contribution in [0.25, 0.3) is 6.08 Å². The fourth-order valence-electron chi connectivity index (χ4n) is 1.03. The molecule has 0 aliphatic heterocycles. The average Bonchev–Trinajstić information content (AvgIpc) is 2.19. The first-order chi connectivity index (χ1) is 7.52. The Morgan fingerprint density at radius 3 is 2.19 bits per heavy atom. The van der Waals surface area contributed by atoms with Crippen molar-refractivity contribution in [3.05, 3.63) is 30.3 Å². The zero-order valence-electron chi connectivity index (χ0n) is 8.30. The molecule has 0 bridgehead atoms. The average molecular weight is 222 g/mol. The van der Waals surface area contributed by atoms with Gasteiger partial charge in [0.1, 0.15) is 0 Å². The van der Waals surface area contributed by atoms with Crippen molar-refractivity contribution >= 4 is 18.3 Å². The number of nitrogens with two attached hydrogens (primary N) is 2. The Balaban J connectivity index is 3.09. The van der Waals surface area contributed by atoms with Gasteiger partial charge in [-0.05, 0) is 17.7 Å². The fourth-order valence-corrected chi connectivity index (χ4v) is 1.03. The summed E-state index contributed by atoms with van der Waals surface area (Å²) in [5.74, 6) is 0.0144. The van der Waals surface area contributed by atoms with Crippen LogP contribution in [0.5, 0.6) is 11.5 Å². The van der Waals surface area contributed by atoms with E-state index in [1.807, 2.05) is 0 Å². The number of primary amides is 2. The number of ether oxygens (including phenoxy) is 2. The van der Waals surface area contributed by atoms with Gasteiger partial charge in [0.05, 0.1) is 0 Å². The molecule has 6 nitrogen and oxygen atoms in total. The molecule has 16 heavy (non-hydrogen) atoms. The summed E-state index contributed by atoms with van der Waals surface area (Å²) in [6.45, 7) is 3.54. The van der Waals surface area contributed by atoms with E-state index in [1.54, 1.807) is 6.07 Å². The third-order valence-corrected chi connectivity index (χ3v) is 1.62. The van der Waals surface area contributed by atoms with Crippen LogP contribution in [0.1, 0.15) is 5.56 Å². The number of amides is 2. The molecule has 0 aliphatic carbocycles. The minimum absolute atomic E-state index is 0.00343. The molecule has 1 aromatic rings. The molecule has 0 spiro atoms. The molecular formula is C10H10N2O4. The molecule has 0 aliphatic rings. The van der Waals surface area contributed by atoms with Crippen molar-refractivity contribution in [3.8, 4) is 11.5 Å². The van der Waals surface area contributed by atoms with Crippen LogP contribution in [0.3, 0.4) is 0 Å². The van der Waals surface area contributed by atoms with E-state index < -0.39 is 12.2 Å². The van der Waals surface area contributed by atoms with E-state index in [1.165, 1.54) is 18.2 Å². The van der Waals surface area contributed by atoms with Crippen molar-refractivity contribution in [2.24, 2.45) is 11.5 Å². The van der Waals surface area contributed by atoms with Gasteiger partial charge < -0.3 is 20.9 Å². The van der Waals surface area contributed by atoms with Gasteiger partial charge in [0.25, 0.3) is 0 Å². The minimum Gasteiger partial charge on any atom is -0.406 e. The Kier molecular flexibility index (Phi) is 3.49. The Labute approximate surface area is 91.4 Å². The summed E-state index contributed by atoms with van der Waals surface area (Å²) in [6.07, 6.45) is -0.502. The molecule has 1 aromatic carbocycles. The van der Waals surface area contributed by atoms with Gasteiger partial charge in [-0.3, -0.25) is 0 Å². The van der Waals surface area contributed by atoms with E-state index in [4.69, 9.17) is 11.5 Å². The molecule has 0 aromatic heterocycles. The van der Waals surface area contributed by atoms with Gasteiger partial charge >= 0.3 is 12.2 Å². The Morgan fingerprint density at radius 2 is 1.69 bits per heavy atom. The van der Waals surface area contributed by atoms with Crippen LogP contribution >= 0.6 is 0 Å². The van der Waals surface area contributed by atoms with E-state index in [0.29, 0.717) is 5.56 Å². The largest absolute Gasteiger partial charge is 0.410 e. The maximum absolute atomic E-state index is 10.6. The van der Waals surface area contributed by atoms with Gasteiger partial charge in [0.15, 0.2) is 11.5 Å². The Bertz CT molecular complexity index is 442. The zero-order chi connectivity index (χ0) is 12.1. The van der Waals surface area contributed by atoms with Crippen molar-refractivity contribution < 1.29 is 19.1 Å². The third kappa shape index (κ3) is 3.02. The number of hydrogen-bond acceptors (Lipinski definition) is 4. The predicted molar refractivity (Wildman–Crippen MR) is 57.0 cm³/mol. The summed E-state index contributed by atoms with van der Waals surface area (Å²) in [6, 6.07) is 4.47. The molecule has 0 heterocycles. The van der Waals surface area contributed by atoms with Crippen LogP contribution in [0.4, 0.5) is 9.59 Å². The second-order valence-electron chi connectivity index (χ2n) is 2.75. The monoisotopic (exact) mass is 222 g/mol. The summed E-state index contributed by atoms with van der Waals surface area (Å²) in [5.41, 5.74) is 10.4. The molecule has 0 radical (unpaired) electrons. The van der Waals surface area contributed by atoms with E-state index in [9.17, 15) is 9.59 Å². The predicted octanol–water partition coefficient (Wildman–Crippen LogP) is 1.24. The first-order valence-electron chi connectivity index (χ1n) is 4.24. The molecule has 0 saturated carbocycles. The highest BCUT2D eigenvalue weighted by Crippen LogP contribution is 2.28. The van der Waals surface area contributed by atoms with Crippen LogP contribution in [-0.2, 0) is 0 Å². The van der Waals surface area contributed by atoms with Crippen LogP contribution in [0.2, 0.25) is 0 Å². The number of rotatable bonds is 3. The second-order valence-corrected chi connectivity index (χ2v) is 2.75. The first kappa shape index (κ1) is 11.6. The summed E-state index contributed by atoms with van der Waals surface area (Å²) >= 11 is 0. The summed E-state index contributed by atoms with van der Waals surface area (Å²) in [5, 5.41) is 0. The van der Waals surface area contributed by atoms with E-state index in [2.05, 4.69) is 16.1 Å². The molecule has 1 rings (SSSR count). The molecule has 2 amide bonds. The maximum Gasteiger partial charge on any atom is 0.410 e. The molecule has 0 atom stereocenters. The van der Waals surface area contributed by atoms with Crippen molar-refractivity contribution in [2.45, 2.75) is 0 Å². The maximum atomic E-state index is 10.6. The minimum atomic E-state index is -1.02. The first-order valence-corrected chi connectivity index (χ1v) is 4.24. The van der Waals surface area contributed by atoms with Crippen molar-refractivity contribution in [2.75, 3.05) is 0 Å². The van der Waals surface area contributed by atoms with Crippen LogP contribution in [-0.4, -0.2) is 12.2 Å². The molecule has 84 valence electrons. The summed E-state index contributed by atoms with van der Waals surface area (Å²) in [7, 11) is 0. The number of carbonyl (C=O) groups excluding carboxylic acids is 2. The SMILES string of the molecule is C=Cc1ccc(OC(N)=O)c(OC(N)=O)c1. The topological polar surface area (TPSA) is 105 Å². The van der Waals surface area contributed by atoms with Gasteiger partial charge in [0.2, 0.25) is 0 Å². The number of benzene rings is 1. The lowest BCUT2D eigenvalue weighted by Gasteiger charge is -2.08. The Hall–Kier alpha value is -2.50. The van der Waals surface area contributed by atoms with Crippen molar-refractivity contribution in [3.63, 3.8) is 0 Å². The molecule has 0 unspecified atom stereocenters. The fraction of sp³-hybridized carbons (Fsp3) is 0. The van der Waals surface area contributed by atoms with Crippen LogP contribution in [0.15, 0.2) is 24.8 Å². The highest BCUT2D eigenvalue weighted by molar-refractivity contribution is 5.73. The van der Waals surface area contributed by atoms with Crippen molar-refractivity contribution in [1.29, 1.82) is 0 Å². The number of carbonyl (C=O) groups is 2. The Morgan fingerprint density at radius 1 is 1.12 bits per heavy atom.